The van der Waals surface area contributed by atoms with Crippen molar-refractivity contribution in [3.05, 3.63) is 53.3 Å². The molecule has 2 heterocycles. The maximum atomic E-state index is 9.89. The number of phenolic OH excluding ortho intramolecular Hbond substituents is 1. The summed E-state index contributed by atoms with van der Waals surface area (Å²) < 4.78 is 2.76. The number of aromatic hydroxyl groups is 1. The number of fused-ring (bicyclic) bond motifs is 1. The smallest absolute Gasteiger partial charge is 0.137 e. The molecule has 1 aromatic carbocycles. The van der Waals surface area contributed by atoms with Gasteiger partial charge < -0.3 is 9.51 Å². The summed E-state index contributed by atoms with van der Waals surface area (Å²) >= 11 is 3.43. The highest BCUT2D eigenvalue weighted by Crippen LogP contribution is 2.35. The van der Waals surface area contributed by atoms with Crippen LogP contribution < -0.4 is 0 Å². The number of rotatable bonds is 1. The van der Waals surface area contributed by atoms with E-state index < -0.39 is 0 Å². The fourth-order valence-electron chi connectivity index (χ4n) is 1.82. The largest absolute Gasteiger partial charge is 0.507 e. The molecule has 0 aliphatic heterocycles. The number of aromatic nitrogens is 2. The lowest BCUT2D eigenvalue weighted by molar-refractivity contribution is 0.477. The van der Waals surface area contributed by atoms with E-state index in [1.54, 1.807) is 12.1 Å². The molecular formula is C13H9BrN2O. The number of pyridine rings is 1. The highest BCUT2D eigenvalue weighted by atomic mass is 79.9. The molecule has 17 heavy (non-hydrogen) atoms. The highest BCUT2D eigenvalue weighted by molar-refractivity contribution is 9.10. The van der Waals surface area contributed by atoms with Crippen molar-refractivity contribution < 1.29 is 5.11 Å². The summed E-state index contributed by atoms with van der Waals surface area (Å²) in [7, 11) is 0. The van der Waals surface area contributed by atoms with E-state index in [4.69, 9.17) is 0 Å². The van der Waals surface area contributed by atoms with Crippen molar-refractivity contribution in [2.45, 2.75) is 0 Å². The number of imidazole rings is 1. The first-order chi connectivity index (χ1) is 8.25. The first-order valence-electron chi connectivity index (χ1n) is 5.17. The van der Waals surface area contributed by atoms with Gasteiger partial charge in [0.25, 0.3) is 0 Å². The molecule has 3 nitrogen and oxygen atoms in total. The van der Waals surface area contributed by atoms with Gasteiger partial charge in [-0.25, -0.2) is 4.98 Å². The Kier molecular flexibility index (Phi) is 2.37. The van der Waals surface area contributed by atoms with Crippen LogP contribution in [0.2, 0.25) is 0 Å². The molecule has 1 N–H and O–H groups in total. The maximum Gasteiger partial charge on any atom is 0.137 e. The minimum absolute atomic E-state index is 0.225. The molecule has 2 aromatic heterocycles. The van der Waals surface area contributed by atoms with E-state index in [2.05, 4.69) is 20.9 Å². The van der Waals surface area contributed by atoms with Crippen LogP contribution in [0.5, 0.6) is 5.75 Å². The van der Waals surface area contributed by atoms with Gasteiger partial charge in [-0.05, 0) is 40.2 Å². The summed E-state index contributed by atoms with van der Waals surface area (Å²) in [6.45, 7) is 0. The average Bonchev–Trinajstić information content (AvgIpc) is 2.71. The van der Waals surface area contributed by atoms with Crippen molar-refractivity contribution in [3.63, 3.8) is 0 Å². The zero-order chi connectivity index (χ0) is 11.8. The summed E-state index contributed by atoms with van der Waals surface area (Å²) in [4.78, 5) is 4.48. The van der Waals surface area contributed by atoms with Crippen LogP contribution in [-0.4, -0.2) is 14.5 Å². The zero-order valence-electron chi connectivity index (χ0n) is 8.84. The Labute approximate surface area is 106 Å². The van der Waals surface area contributed by atoms with E-state index in [1.165, 1.54) is 0 Å². The van der Waals surface area contributed by atoms with Gasteiger partial charge in [-0.3, -0.25) is 0 Å². The minimum atomic E-state index is 0.225. The summed E-state index contributed by atoms with van der Waals surface area (Å²) in [6.07, 6.45) is 3.83. The van der Waals surface area contributed by atoms with Crippen LogP contribution in [0.4, 0.5) is 0 Å². The Bertz CT molecular complexity index is 637. The van der Waals surface area contributed by atoms with Crippen LogP contribution >= 0.6 is 15.9 Å². The number of hydrogen-bond acceptors (Lipinski definition) is 2. The molecule has 3 rings (SSSR count). The van der Waals surface area contributed by atoms with Gasteiger partial charge in [0.05, 0.1) is 11.3 Å². The van der Waals surface area contributed by atoms with Gasteiger partial charge in [0, 0.05) is 16.9 Å². The topological polar surface area (TPSA) is 37.5 Å². The Balaban J connectivity index is 2.27. The Morgan fingerprint density at radius 2 is 2.00 bits per heavy atom. The average molecular weight is 289 g/mol. The quantitative estimate of drug-likeness (QED) is 0.744. The maximum absolute atomic E-state index is 9.89. The SMILES string of the molecule is Oc1cccc(Br)c1-c1cn2ccccc2n1. The Hall–Kier alpha value is -1.81. The van der Waals surface area contributed by atoms with Crippen molar-refractivity contribution in [2.24, 2.45) is 0 Å². The van der Waals surface area contributed by atoms with E-state index in [-0.39, 0.29) is 5.75 Å². The summed E-state index contributed by atoms with van der Waals surface area (Å²) in [5, 5.41) is 9.89. The monoisotopic (exact) mass is 288 g/mol. The standard InChI is InChI=1S/C13H9BrN2O/c14-9-4-3-5-11(17)13(9)10-8-16-7-2-1-6-12(16)15-10/h1-8,17H. The number of phenols is 1. The first-order valence-corrected chi connectivity index (χ1v) is 5.96. The van der Waals surface area contributed by atoms with Gasteiger partial charge >= 0.3 is 0 Å². The summed E-state index contributed by atoms with van der Waals surface area (Å²) in [5.74, 6) is 0.225. The molecule has 0 aliphatic carbocycles. The fraction of sp³-hybridized carbons (Fsp3) is 0. The lowest BCUT2D eigenvalue weighted by atomic mass is 10.1. The second kappa shape index (κ2) is 3.89. The van der Waals surface area contributed by atoms with Crippen LogP contribution in [-0.2, 0) is 0 Å². The highest BCUT2D eigenvalue weighted by Gasteiger charge is 2.11. The van der Waals surface area contributed by atoms with Gasteiger partial charge in [0.1, 0.15) is 11.4 Å². The molecule has 84 valence electrons. The molecule has 0 aliphatic rings. The molecule has 0 spiro atoms. The lowest BCUT2D eigenvalue weighted by Crippen LogP contribution is -1.80. The number of halogens is 1. The third kappa shape index (κ3) is 1.70. The predicted octanol–water partition coefficient (Wildman–Crippen LogP) is 3.47. The molecular weight excluding hydrogens is 280 g/mol. The zero-order valence-corrected chi connectivity index (χ0v) is 10.4. The van der Waals surface area contributed by atoms with Gasteiger partial charge in [-0.15, -0.1) is 0 Å². The molecule has 4 heteroatoms. The van der Waals surface area contributed by atoms with Gasteiger partial charge in [-0.1, -0.05) is 12.1 Å². The van der Waals surface area contributed by atoms with E-state index in [1.807, 2.05) is 41.1 Å². The van der Waals surface area contributed by atoms with Crippen LogP contribution in [0.3, 0.4) is 0 Å². The van der Waals surface area contributed by atoms with Gasteiger partial charge in [-0.2, -0.15) is 0 Å². The van der Waals surface area contributed by atoms with Crippen LogP contribution in [0.1, 0.15) is 0 Å². The molecule has 3 aromatic rings. The molecule has 0 radical (unpaired) electrons. The Morgan fingerprint density at radius 3 is 2.76 bits per heavy atom. The Morgan fingerprint density at radius 1 is 1.12 bits per heavy atom. The molecule has 0 saturated carbocycles. The van der Waals surface area contributed by atoms with Crippen molar-refractivity contribution in [1.82, 2.24) is 9.38 Å². The van der Waals surface area contributed by atoms with Crippen molar-refractivity contribution in [3.8, 4) is 17.0 Å². The first kappa shape index (κ1) is 10.4. The summed E-state index contributed by atoms with van der Waals surface area (Å²) in [6, 6.07) is 11.1. The molecule has 0 amide bonds. The van der Waals surface area contributed by atoms with E-state index >= 15 is 0 Å². The van der Waals surface area contributed by atoms with Crippen LogP contribution in [0.15, 0.2) is 53.3 Å². The normalized spacial score (nSPS) is 10.9. The van der Waals surface area contributed by atoms with Gasteiger partial charge in [0.2, 0.25) is 0 Å². The second-order valence-corrected chi connectivity index (χ2v) is 4.58. The van der Waals surface area contributed by atoms with E-state index in [0.29, 0.717) is 0 Å². The molecule has 0 fully saturated rings. The van der Waals surface area contributed by atoms with Crippen molar-refractivity contribution in [2.75, 3.05) is 0 Å². The van der Waals surface area contributed by atoms with Crippen molar-refractivity contribution >= 4 is 21.6 Å². The number of nitrogens with zero attached hydrogens (tertiary/aromatic N) is 2. The third-order valence-corrected chi connectivity index (χ3v) is 3.27. The van der Waals surface area contributed by atoms with Crippen molar-refractivity contribution in [1.29, 1.82) is 0 Å². The third-order valence-electron chi connectivity index (χ3n) is 2.61. The van der Waals surface area contributed by atoms with Crippen LogP contribution in [0, 0.1) is 0 Å². The number of benzene rings is 1. The summed E-state index contributed by atoms with van der Waals surface area (Å²) in [5.41, 5.74) is 2.33. The fourth-order valence-corrected chi connectivity index (χ4v) is 2.38. The van der Waals surface area contributed by atoms with Crippen LogP contribution in [0.25, 0.3) is 16.9 Å². The second-order valence-electron chi connectivity index (χ2n) is 3.73. The van der Waals surface area contributed by atoms with E-state index in [0.717, 1.165) is 21.4 Å². The van der Waals surface area contributed by atoms with Gasteiger partial charge in [0.15, 0.2) is 0 Å². The van der Waals surface area contributed by atoms with E-state index in [9.17, 15) is 5.11 Å². The molecule has 0 saturated heterocycles. The predicted molar refractivity (Wildman–Crippen MR) is 70.0 cm³/mol. The lowest BCUT2D eigenvalue weighted by Gasteiger charge is -2.02. The number of hydrogen-bond donors (Lipinski definition) is 1. The molecule has 0 bridgehead atoms. The molecule has 0 atom stereocenters. The molecule has 0 unspecified atom stereocenters. The minimum Gasteiger partial charge on any atom is -0.507 e.